The largest absolute Gasteiger partial charge is 0.491 e. The third-order valence-electron chi connectivity index (χ3n) is 7.92. The SMILES string of the molecule is CC(C)Oc1ccc2cc(C(O)C(=O)N[C@@H](C(=O)N3C4CCC3CC(N)C4)C(F)(F)c3ccc(Br)cc3)ccc2c1. The number of aliphatic hydroxyl groups excluding tert-OH is 1. The Labute approximate surface area is 246 Å². The number of piperidine rings is 1. The molecule has 0 radical (unpaired) electrons. The van der Waals surface area contributed by atoms with Crippen LogP contribution in [0.2, 0.25) is 0 Å². The normalized spacial score (nSPS) is 22.0. The molecule has 4 atom stereocenters. The molecule has 5 rings (SSSR count). The average molecular weight is 631 g/mol. The van der Waals surface area contributed by atoms with Gasteiger partial charge in [-0.2, -0.15) is 8.78 Å². The maximum absolute atomic E-state index is 16.1. The quantitative estimate of drug-likeness (QED) is 0.318. The fraction of sp³-hybridized carbons (Fsp3) is 0.419. The van der Waals surface area contributed by atoms with Gasteiger partial charge in [0.2, 0.25) is 0 Å². The molecule has 2 bridgehead atoms. The highest BCUT2D eigenvalue weighted by molar-refractivity contribution is 9.10. The monoisotopic (exact) mass is 629 g/mol. The van der Waals surface area contributed by atoms with Crippen LogP contribution in [0.3, 0.4) is 0 Å². The third-order valence-corrected chi connectivity index (χ3v) is 8.45. The molecule has 0 aliphatic carbocycles. The topological polar surface area (TPSA) is 105 Å². The number of ether oxygens (including phenoxy) is 1. The van der Waals surface area contributed by atoms with E-state index in [0.29, 0.717) is 35.9 Å². The fourth-order valence-corrected chi connectivity index (χ4v) is 6.27. The molecule has 41 heavy (non-hydrogen) atoms. The van der Waals surface area contributed by atoms with Crippen LogP contribution in [0.1, 0.15) is 56.8 Å². The maximum Gasteiger partial charge on any atom is 0.302 e. The molecule has 4 N–H and O–H groups in total. The van der Waals surface area contributed by atoms with Crippen LogP contribution in [-0.2, 0) is 15.5 Å². The number of fused-ring (bicyclic) bond motifs is 3. The summed E-state index contributed by atoms with van der Waals surface area (Å²) in [6.07, 6.45) is 0.636. The smallest absolute Gasteiger partial charge is 0.302 e. The summed E-state index contributed by atoms with van der Waals surface area (Å²) in [4.78, 5) is 28.6. The summed E-state index contributed by atoms with van der Waals surface area (Å²) in [5.74, 6) is -5.01. The predicted octanol–water partition coefficient (Wildman–Crippen LogP) is 5.18. The Morgan fingerprint density at radius 3 is 2.27 bits per heavy atom. The number of amides is 2. The van der Waals surface area contributed by atoms with Gasteiger partial charge in [-0.1, -0.05) is 46.3 Å². The summed E-state index contributed by atoms with van der Waals surface area (Å²) in [6, 6.07) is 12.8. The molecule has 2 amide bonds. The van der Waals surface area contributed by atoms with Gasteiger partial charge in [0, 0.05) is 28.2 Å². The lowest BCUT2D eigenvalue weighted by atomic mass is 9.94. The minimum absolute atomic E-state index is 0.000277. The molecule has 218 valence electrons. The van der Waals surface area contributed by atoms with Crippen molar-refractivity contribution in [3.8, 4) is 5.75 Å². The van der Waals surface area contributed by atoms with Gasteiger partial charge < -0.3 is 25.8 Å². The van der Waals surface area contributed by atoms with Gasteiger partial charge in [-0.3, -0.25) is 9.59 Å². The van der Waals surface area contributed by atoms with Crippen LogP contribution >= 0.6 is 15.9 Å². The maximum atomic E-state index is 16.1. The van der Waals surface area contributed by atoms with Gasteiger partial charge in [-0.15, -0.1) is 0 Å². The van der Waals surface area contributed by atoms with Gasteiger partial charge >= 0.3 is 5.92 Å². The molecule has 3 aromatic carbocycles. The summed E-state index contributed by atoms with van der Waals surface area (Å²) in [7, 11) is 0. The standard InChI is InChI=1S/C31H34BrF2N3O4/c1-17(2)41-26-12-5-18-13-20(4-3-19(18)14-26)27(38)29(39)36-28(31(33,34)21-6-8-22(32)9-7-21)30(40)37-24-10-11-25(37)16-23(35)15-24/h3-9,12-14,17,23-25,27-28,38H,10-11,15-16,35H2,1-2H3,(H,36,39)/t23?,24?,25?,27?,28-/m0/s1. The molecule has 0 aromatic heterocycles. The summed E-state index contributed by atoms with van der Waals surface area (Å²) < 4.78 is 38.5. The molecule has 3 unspecified atom stereocenters. The Morgan fingerprint density at radius 2 is 1.63 bits per heavy atom. The molecule has 2 aliphatic rings. The molecule has 2 aliphatic heterocycles. The number of hydrogen-bond donors (Lipinski definition) is 3. The number of nitrogens with zero attached hydrogens (tertiary/aromatic N) is 1. The lowest BCUT2D eigenvalue weighted by Gasteiger charge is -2.41. The van der Waals surface area contributed by atoms with Crippen molar-refractivity contribution < 1.29 is 28.2 Å². The highest BCUT2D eigenvalue weighted by Crippen LogP contribution is 2.40. The molecule has 2 heterocycles. The summed E-state index contributed by atoms with van der Waals surface area (Å²) in [6.45, 7) is 3.84. The predicted molar refractivity (Wildman–Crippen MR) is 156 cm³/mol. The van der Waals surface area contributed by atoms with Crippen molar-refractivity contribution in [2.75, 3.05) is 0 Å². The summed E-state index contributed by atoms with van der Waals surface area (Å²) >= 11 is 3.25. The van der Waals surface area contributed by atoms with Crippen molar-refractivity contribution in [1.29, 1.82) is 0 Å². The number of nitrogens with one attached hydrogen (secondary N) is 1. The third kappa shape index (κ3) is 6.10. The van der Waals surface area contributed by atoms with Crippen LogP contribution in [0.5, 0.6) is 5.75 Å². The Balaban J connectivity index is 1.42. The van der Waals surface area contributed by atoms with Gasteiger partial charge in [0.1, 0.15) is 5.75 Å². The number of halogens is 3. The number of carbonyl (C=O) groups excluding carboxylic acids is 2. The van der Waals surface area contributed by atoms with Crippen LogP contribution in [0.15, 0.2) is 65.1 Å². The van der Waals surface area contributed by atoms with E-state index in [1.165, 1.54) is 29.2 Å². The van der Waals surface area contributed by atoms with Crippen LogP contribution in [-0.4, -0.2) is 52.1 Å². The summed E-state index contributed by atoms with van der Waals surface area (Å²) in [5.41, 5.74) is 5.94. The van der Waals surface area contributed by atoms with E-state index in [4.69, 9.17) is 10.5 Å². The molecule has 2 fully saturated rings. The first-order valence-corrected chi connectivity index (χ1v) is 14.6. The van der Waals surface area contributed by atoms with Gasteiger partial charge in [-0.25, -0.2) is 0 Å². The zero-order chi connectivity index (χ0) is 29.5. The molecule has 7 nitrogen and oxygen atoms in total. The summed E-state index contributed by atoms with van der Waals surface area (Å²) in [5, 5.41) is 14.8. The molecule has 0 spiro atoms. The Morgan fingerprint density at radius 1 is 1.02 bits per heavy atom. The number of carbonyl (C=O) groups is 2. The Kier molecular flexibility index (Phi) is 8.36. The van der Waals surface area contributed by atoms with E-state index in [9.17, 15) is 14.7 Å². The van der Waals surface area contributed by atoms with Gasteiger partial charge in [0.05, 0.1) is 6.10 Å². The lowest BCUT2D eigenvalue weighted by Crippen LogP contribution is -2.61. The van der Waals surface area contributed by atoms with Gasteiger partial charge in [0.15, 0.2) is 12.1 Å². The number of rotatable bonds is 8. The lowest BCUT2D eigenvalue weighted by molar-refractivity contribution is -0.155. The van der Waals surface area contributed by atoms with Crippen molar-refractivity contribution in [2.24, 2.45) is 5.73 Å². The highest BCUT2D eigenvalue weighted by Gasteiger charge is 2.53. The highest BCUT2D eigenvalue weighted by atomic mass is 79.9. The van der Waals surface area contributed by atoms with Crippen molar-refractivity contribution in [3.63, 3.8) is 0 Å². The number of hydrogen-bond acceptors (Lipinski definition) is 5. The molecule has 3 aromatic rings. The first-order chi connectivity index (χ1) is 19.4. The Hall–Kier alpha value is -3.08. The number of aliphatic hydroxyl groups is 1. The van der Waals surface area contributed by atoms with Crippen LogP contribution in [0.25, 0.3) is 10.8 Å². The van der Waals surface area contributed by atoms with E-state index >= 15 is 8.78 Å². The first-order valence-electron chi connectivity index (χ1n) is 13.8. The second-order valence-electron chi connectivity index (χ2n) is 11.3. The molecule has 10 heteroatoms. The van der Waals surface area contributed by atoms with Crippen LogP contribution in [0.4, 0.5) is 8.78 Å². The second kappa shape index (κ2) is 11.7. The van der Waals surface area contributed by atoms with E-state index in [-0.39, 0.29) is 29.8 Å². The molecule has 2 saturated heterocycles. The molecule has 0 saturated carbocycles. The molecular formula is C31H34BrF2N3O4. The van der Waals surface area contributed by atoms with E-state index in [1.54, 1.807) is 30.3 Å². The van der Waals surface area contributed by atoms with Gasteiger partial charge in [-0.05, 0) is 86.2 Å². The number of alkyl halides is 2. The number of benzene rings is 3. The van der Waals surface area contributed by atoms with Crippen molar-refractivity contribution >= 4 is 38.5 Å². The minimum Gasteiger partial charge on any atom is -0.491 e. The van der Waals surface area contributed by atoms with E-state index < -0.39 is 35.4 Å². The van der Waals surface area contributed by atoms with E-state index in [0.717, 1.165) is 10.8 Å². The van der Waals surface area contributed by atoms with Crippen LogP contribution < -0.4 is 15.8 Å². The Bertz CT molecular complexity index is 1420. The fourth-order valence-electron chi connectivity index (χ4n) is 6.00. The van der Waals surface area contributed by atoms with Crippen molar-refractivity contribution in [1.82, 2.24) is 10.2 Å². The minimum atomic E-state index is -3.75. The zero-order valence-electron chi connectivity index (χ0n) is 22.9. The zero-order valence-corrected chi connectivity index (χ0v) is 24.5. The van der Waals surface area contributed by atoms with Crippen molar-refractivity contribution in [2.45, 2.75) is 81.8 Å². The van der Waals surface area contributed by atoms with Crippen LogP contribution in [0, 0.1) is 0 Å². The first kappa shape index (κ1) is 29.4. The number of nitrogens with two attached hydrogens (primary N) is 1. The van der Waals surface area contributed by atoms with Gasteiger partial charge in [0.25, 0.3) is 11.8 Å². The van der Waals surface area contributed by atoms with E-state index in [2.05, 4.69) is 21.2 Å². The average Bonchev–Trinajstić information content (AvgIpc) is 3.20. The van der Waals surface area contributed by atoms with Crippen molar-refractivity contribution in [3.05, 3.63) is 76.3 Å². The van der Waals surface area contributed by atoms with E-state index in [1.807, 2.05) is 19.9 Å². The second-order valence-corrected chi connectivity index (χ2v) is 12.2. The molecular weight excluding hydrogens is 596 g/mol.